The van der Waals surface area contributed by atoms with Crippen LogP contribution in [0.2, 0.25) is 0 Å². The number of aliphatic carboxylic acids is 1. The van der Waals surface area contributed by atoms with Gasteiger partial charge in [0.25, 0.3) is 0 Å². The molecule has 1 fully saturated rings. The Balaban J connectivity index is 1.77. The van der Waals surface area contributed by atoms with E-state index in [4.69, 9.17) is 14.6 Å². The molecule has 0 spiro atoms. The van der Waals surface area contributed by atoms with E-state index in [9.17, 15) is 14.0 Å². The molecule has 6 nitrogen and oxygen atoms in total. The molecule has 1 aliphatic heterocycles. The monoisotopic (exact) mass is 339 g/mol. The van der Waals surface area contributed by atoms with Crippen LogP contribution in [0.1, 0.15) is 25.7 Å². The smallest absolute Gasteiger partial charge is 0.305 e. The molecular formula is C17H22FNO5. The van der Waals surface area contributed by atoms with Crippen molar-refractivity contribution < 1.29 is 28.6 Å². The first kappa shape index (κ1) is 18.2. The third kappa shape index (κ3) is 5.19. The fraction of sp³-hybridized carbons (Fsp3) is 0.529. The van der Waals surface area contributed by atoms with Crippen LogP contribution in [0.4, 0.5) is 4.39 Å². The molecule has 2 unspecified atom stereocenters. The number of methoxy groups -OCH3 is 1. The van der Waals surface area contributed by atoms with Crippen molar-refractivity contribution in [3.05, 3.63) is 30.1 Å². The molecule has 24 heavy (non-hydrogen) atoms. The number of carboxylic acids is 1. The molecule has 0 saturated carbocycles. The maximum absolute atomic E-state index is 12.8. The molecule has 0 radical (unpaired) electrons. The number of benzene rings is 1. The van der Waals surface area contributed by atoms with Gasteiger partial charge in [-0.05, 0) is 37.1 Å². The molecule has 1 aromatic carbocycles. The van der Waals surface area contributed by atoms with Crippen LogP contribution in [0.15, 0.2) is 24.3 Å². The van der Waals surface area contributed by atoms with E-state index in [1.807, 2.05) is 0 Å². The SMILES string of the molecule is COC1CC(CC(=O)O)N(C(=O)CCCOc2ccc(F)cc2)C1. The Kier molecular flexibility index (Phi) is 6.54. The van der Waals surface area contributed by atoms with Crippen molar-refractivity contribution in [2.45, 2.75) is 37.8 Å². The van der Waals surface area contributed by atoms with Gasteiger partial charge in [-0.3, -0.25) is 9.59 Å². The Morgan fingerprint density at radius 1 is 1.33 bits per heavy atom. The van der Waals surface area contributed by atoms with Crippen molar-refractivity contribution in [3.63, 3.8) is 0 Å². The lowest BCUT2D eigenvalue weighted by molar-refractivity contribution is -0.140. The highest BCUT2D eigenvalue weighted by molar-refractivity contribution is 5.78. The van der Waals surface area contributed by atoms with Crippen molar-refractivity contribution in [2.24, 2.45) is 0 Å². The van der Waals surface area contributed by atoms with Crippen LogP contribution < -0.4 is 4.74 Å². The van der Waals surface area contributed by atoms with Crippen LogP contribution >= 0.6 is 0 Å². The summed E-state index contributed by atoms with van der Waals surface area (Å²) in [5.41, 5.74) is 0. The van der Waals surface area contributed by atoms with Crippen LogP contribution in [0.25, 0.3) is 0 Å². The van der Waals surface area contributed by atoms with Gasteiger partial charge in [-0.15, -0.1) is 0 Å². The Morgan fingerprint density at radius 2 is 2.04 bits per heavy atom. The van der Waals surface area contributed by atoms with Crippen molar-refractivity contribution >= 4 is 11.9 Å². The molecule has 7 heteroatoms. The molecule has 2 atom stereocenters. The van der Waals surface area contributed by atoms with Gasteiger partial charge in [-0.2, -0.15) is 0 Å². The van der Waals surface area contributed by atoms with Crippen LogP contribution in [-0.2, 0) is 14.3 Å². The summed E-state index contributed by atoms with van der Waals surface area (Å²) in [5.74, 6) is -0.797. The molecule has 1 amide bonds. The molecule has 0 bridgehead atoms. The maximum atomic E-state index is 12.8. The molecule has 1 saturated heterocycles. The van der Waals surface area contributed by atoms with Gasteiger partial charge in [0.1, 0.15) is 11.6 Å². The number of hydrogen-bond donors (Lipinski definition) is 1. The molecule has 0 aromatic heterocycles. The average Bonchev–Trinajstić information content (AvgIpc) is 2.95. The van der Waals surface area contributed by atoms with Gasteiger partial charge in [0.05, 0.1) is 19.1 Å². The standard InChI is InChI=1S/C17H22FNO5/c1-23-15-9-13(10-17(21)22)19(11-15)16(20)3-2-8-24-14-6-4-12(18)5-7-14/h4-7,13,15H,2-3,8-11H2,1H3,(H,21,22). The van der Waals surface area contributed by atoms with Crippen LogP contribution in [0.3, 0.4) is 0 Å². The highest BCUT2D eigenvalue weighted by Crippen LogP contribution is 2.24. The van der Waals surface area contributed by atoms with Gasteiger partial charge in [-0.1, -0.05) is 0 Å². The van der Waals surface area contributed by atoms with E-state index < -0.39 is 5.97 Å². The quantitative estimate of drug-likeness (QED) is 0.734. The minimum Gasteiger partial charge on any atom is -0.494 e. The highest BCUT2D eigenvalue weighted by Gasteiger charge is 2.36. The van der Waals surface area contributed by atoms with Gasteiger partial charge >= 0.3 is 5.97 Å². The number of nitrogens with zero attached hydrogens (tertiary/aromatic N) is 1. The van der Waals surface area contributed by atoms with Crippen LogP contribution in [-0.4, -0.2) is 54.3 Å². The minimum atomic E-state index is -0.922. The zero-order valence-electron chi connectivity index (χ0n) is 13.6. The molecule has 1 heterocycles. The number of rotatable bonds is 8. The molecule has 1 aromatic rings. The fourth-order valence-electron chi connectivity index (χ4n) is 2.83. The minimum absolute atomic E-state index is 0.0717. The number of ether oxygens (including phenoxy) is 2. The lowest BCUT2D eigenvalue weighted by Crippen LogP contribution is -2.37. The summed E-state index contributed by atoms with van der Waals surface area (Å²) in [5, 5.41) is 8.97. The first-order chi connectivity index (χ1) is 11.5. The van der Waals surface area contributed by atoms with Gasteiger partial charge in [-0.25, -0.2) is 4.39 Å². The number of carbonyl (C=O) groups excluding carboxylic acids is 1. The number of carboxylic acid groups (broad SMARTS) is 1. The van der Waals surface area contributed by atoms with Crippen molar-refractivity contribution in [1.29, 1.82) is 0 Å². The lowest BCUT2D eigenvalue weighted by atomic mass is 10.1. The third-order valence-corrected chi connectivity index (χ3v) is 4.06. The number of likely N-dealkylation sites (tertiary alicyclic amines) is 1. The fourth-order valence-corrected chi connectivity index (χ4v) is 2.83. The average molecular weight is 339 g/mol. The summed E-state index contributed by atoms with van der Waals surface area (Å²) < 4.78 is 23.5. The summed E-state index contributed by atoms with van der Waals surface area (Å²) in [6.45, 7) is 0.759. The first-order valence-electron chi connectivity index (χ1n) is 7.92. The Hall–Kier alpha value is -2.15. The summed E-state index contributed by atoms with van der Waals surface area (Å²) in [7, 11) is 1.56. The van der Waals surface area contributed by atoms with E-state index in [-0.39, 0.29) is 36.7 Å². The van der Waals surface area contributed by atoms with E-state index in [1.54, 1.807) is 12.0 Å². The Bertz CT molecular complexity index is 563. The van der Waals surface area contributed by atoms with E-state index in [2.05, 4.69) is 0 Å². The lowest BCUT2D eigenvalue weighted by Gasteiger charge is -2.23. The summed E-state index contributed by atoms with van der Waals surface area (Å²) in [6.07, 6.45) is 1.13. The Morgan fingerprint density at radius 3 is 2.67 bits per heavy atom. The third-order valence-electron chi connectivity index (χ3n) is 4.06. The van der Waals surface area contributed by atoms with Crippen LogP contribution in [0, 0.1) is 5.82 Å². The number of hydrogen-bond acceptors (Lipinski definition) is 4. The molecular weight excluding hydrogens is 317 g/mol. The zero-order chi connectivity index (χ0) is 17.5. The Labute approximate surface area is 140 Å². The van der Waals surface area contributed by atoms with Crippen molar-refractivity contribution in [3.8, 4) is 5.75 Å². The topological polar surface area (TPSA) is 76.1 Å². The van der Waals surface area contributed by atoms with Gasteiger partial charge < -0.3 is 19.5 Å². The van der Waals surface area contributed by atoms with Crippen LogP contribution in [0.5, 0.6) is 5.75 Å². The number of amides is 1. The second kappa shape index (κ2) is 8.63. The molecule has 132 valence electrons. The number of carbonyl (C=O) groups is 2. The second-order valence-electron chi connectivity index (χ2n) is 5.80. The van der Waals surface area contributed by atoms with Gasteiger partial charge in [0.2, 0.25) is 5.91 Å². The molecule has 1 N–H and O–H groups in total. The molecule has 0 aliphatic carbocycles. The summed E-state index contributed by atoms with van der Waals surface area (Å²) in [6, 6.07) is 5.36. The second-order valence-corrected chi connectivity index (χ2v) is 5.80. The van der Waals surface area contributed by atoms with E-state index >= 15 is 0 Å². The predicted octanol–water partition coefficient (Wildman–Crippen LogP) is 2.08. The normalized spacial score (nSPS) is 20.2. The number of halogens is 1. The van der Waals surface area contributed by atoms with Gasteiger partial charge in [0.15, 0.2) is 0 Å². The molecule has 1 aliphatic rings. The predicted molar refractivity (Wildman–Crippen MR) is 84.3 cm³/mol. The first-order valence-corrected chi connectivity index (χ1v) is 7.92. The largest absolute Gasteiger partial charge is 0.494 e. The maximum Gasteiger partial charge on any atom is 0.305 e. The highest BCUT2D eigenvalue weighted by atomic mass is 19.1. The summed E-state index contributed by atoms with van der Waals surface area (Å²) >= 11 is 0. The van der Waals surface area contributed by atoms with E-state index in [0.717, 1.165) is 0 Å². The molecule has 2 rings (SSSR count). The zero-order valence-corrected chi connectivity index (χ0v) is 13.6. The van der Waals surface area contributed by atoms with E-state index in [1.165, 1.54) is 24.3 Å². The van der Waals surface area contributed by atoms with Crippen molar-refractivity contribution in [2.75, 3.05) is 20.3 Å². The van der Waals surface area contributed by atoms with Gasteiger partial charge in [0, 0.05) is 26.1 Å². The van der Waals surface area contributed by atoms with Crippen molar-refractivity contribution in [1.82, 2.24) is 4.90 Å². The van der Waals surface area contributed by atoms with E-state index in [0.29, 0.717) is 31.7 Å². The summed E-state index contributed by atoms with van der Waals surface area (Å²) in [4.78, 5) is 24.9.